The second kappa shape index (κ2) is 9.99. The molecular weight excluding hydrogens is 466 g/mol. The van der Waals surface area contributed by atoms with Crippen molar-refractivity contribution in [3.05, 3.63) is 77.1 Å². The molecule has 4 aromatic rings. The fourth-order valence-corrected chi connectivity index (χ4v) is 5.61. The molecular formula is C25H25N5O2S2. The van der Waals surface area contributed by atoms with Gasteiger partial charge in [-0.1, -0.05) is 54.2 Å². The van der Waals surface area contributed by atoms with Crippen LogP contribution < -0.4 is 9.64 Å². The largest absolute Gasteiger partial charge is 0.495 e. The van der Waals surface area contributed by atoms with E-state index < -0.39 is 0 Å². The third-order valence-corrected chi connectivity index (χ3v) is 7.47. The summed E-state index contributed by atoms with van der Waals surface area (Å²) in [5.41, 5.74) is 2.81. The molecule has 2 heterocycles. The first-order valence-corrected chi connectivity index (χ1v) is 13.0. The van der Waals surface area contributed by atoms with E-state index in [0.29, 0.717) is 28.2 Å². The number of thiazole rings is 1. The standard InChI is InChI=1S/C25H25N5O2S2/c1-17(31)30(21-10-6-7-11-22(21)32-2)24-26-20(15-33-24)16-34-25-28-27-23(19-12-13-19)29(25)14-18-8-4-3-5-9-18/h3-11,15,19H,12-14,16H2,1-2H3. The van der Waals surface area contributed by atoms with Crippen LogP contribution in [0, 0.1) is 0 Å². The van der Waals surface area contributed by atoms with Gasteiger partial charge in [0.15, 0.2) is 10.3 Å². The van der Waals surface area contributed by atoms with Crippen LogP contribution in [-0.2, 0) is 17.1 Å². The van der Waals surface area contributed by atoms with Gasteiger partial charge >= 0.3 is 0 Å². The van der Waals surface area contributed by atoms with Crippen molar-refractivity contribution in [2.45, 2.75) is 43.1 Å². The van der Waals surface area contributed by atoms with Crippen LogP contribution in [0.4, 0.5) is 10.8 Å². The maximum absolute atomic E-state index is 12.5. The van der Waals surface area contributed by atoms with Gasteiger partial charge in [-0.15, -0.1) is 21.5 Å². The van der Waals surface area contributed by atoms with Crippen molar-refractivity contribution in [1.82, 2.24) is 19.7 Å². The summed E-state index contributed by atoms with van der Waals surface area (Å²) in [5, 5.41) is 12.5. The molecule has 1 amide bonds. The molecule has 1 saturated carbocycles. The molecule has 5 rings (SSSR count). The highest BCUT2D eigenvalue weighted by molar-refractivity contribution is 7.98. The number of methoxy groups -OCH3 is 1. The number of ether oxygens (including phenoxy) is 1. The lowest BCUT2D eigenvalue weighted by atomic mass is 10.2. The fourth-order valence-electron chi connectivity index (χ4n) is 3.79. The highest BCUT2D eigenvalue weighted by Crippen LogP contribution is 2.41. The Bertz CT molecular complexity index is 1280. The Labute approximate surface area is 206 Å². The first kappa shape index (κ1) is 22.6. The third kappa shape index (κ3) is 4.85. The smallest absolute Gasteiger partial charge is 0.230 e. The Balaban J connectivity index is 1.35. The Kier molecular flexibility index (Phi) is 6.64. The third-order valence-electron chi connectivity index (χ3n) is 5.59. The molecule has 0 atom stereocenters. The van der Waals surface area contributed by atoms with E-state index in [1.165, 1.54) is 36.7 Å². The first-order valence-electron chi connectivity index (χ1n) is 11.1. The van der Waals surface area contributed by atoms with Crippen LogP contribution in [-0.4, -0.2) is 32.8 Å². The maximum atomic E-state index is 12.5. The average Bonchev–Trinajstić information content (AvgIpc) is 3.47. The number of aromatic nitrogens is 4. The quantitative estimate of drug-likeness (QED) is 0.282. The second-order valence-electron chi connectivity index (χ2n) is 8.12. The molecule has 7 nitrogen and oxygen atoms in total. The molecule has 34 heavy (non-hydrogen) atoms. The summed E-state index contributed by atoms with van der Waals surface area (Å²) >= 11 is 3.07. The summed E-state index contributed by atoms with van der Waals surface area (Å²) in [6, 6.07) is 17.9. The monoisotopic (exact) mass is 491 g/mol. The molecule has 2 aromatic carbocycles. The van der Waals surface area contributed by atoms with Crippen LogP contribution in [0.25, 0.3) is 0 Å². The Morgan fingerprint density at radius 2 is 1.91 bits per heavy atom. The average molecular weight is 492 g/mol. The molecule has 2 aromatic heterocycles. The van der Waals surface area contributed by atoms with Gasteiger partial charge in [-0.25, -0.2) is 4.98 Å². The van der Waals surface area contributed by atoms with E-state index in [1.54, 1.807) is 23.8 Å². The molecule has 0 saturated heterocycles. The summed E-state index contributed by atoms with van der Waals surface area (Å²) in [6.07, 6.45) is 2.35. The summed E-state index contributed by atoms with van der Waals surface area (Å²) in [5.74, 6) is 2.75. The fraction of sp³-hybridized carbons (Fsp3) is 0.280. The number of para-hydroxylation sites is 2. The van der Waals surface area contributed by atoms with E-state index in [9.17, 15) is 4.79 Å². The SMILES string of the molecule is COc1ccccc1N(C(C)=O)c1nc(CSc2nnc(C3CC3)n2Cc2ccccc2)cs1. The number of thioether (sulfide) groups is 1. The van der Waals surface area contributed by atoms with E-state index in [4.69, 9.17) is 9.72 Å². The van der Waals surface area contributed by atoms with Crippen LogP contribution in [0.1, 0.15) is 42.8 Å². The maximum Gasteiger partial charge on any atom is 0.230 e. The zero-order valence-corrected chi connectivity index (χ0v) is 20.7. The van der Waals surface area contributed by atoms with E-state index >= 15 is 0 Å². The number of nitrogens with zero attached hydrogens (tertiary/aromatic N) is 5. The molecule has 0 aliphatic heterocycles. The minimum Gasteiger partial charge on any atom is -0.495 e. The van der Waals surface area contributed by atoms with E-state index in [2.05, 4.69) is 39.0 Å². The molecule has 0 bridgehead atoms. The van der Waals surface area contributed by atoms with Gasteiger partial charge in [-0.2, -0.15) is 0 Å². The van der Waals surface area contributed by atoms with Crippen LogP contribution in [0.5, 0.6) is 5.75 Å². The van der Waals surface area contributed by atoms with Crippen molar-refractivity contribution < 1.29 is 9.53 Å². The zero-order chi connectivity index (χ0) is 23.5. The van der Waals surface area contributed by atoms with E-state index in [0.717, 1.165) is 23.2 Å². The molecule has 1 fully saturated rings. The molecule has 0 unspecified atom stereocenters. The van der Waals surface area contributed by atoms with Gasteiger partial charge in [-0.3, -0.25) is 9.69 Å². The minimum atomic E-state index is -0.116. The highest BCUT2D eigenvalue weighted by Gasteiger charge is 2.30. The van der Waals surface area contributed by atoms with Crippen molar-refractivity contribution in [1.29, 1.82) is 0 Å². The van der Waals surface area contributed by atoms with Crippen LogP contribution in [0.3, 0.4) is 0 Å². The van der Waals surface area contributed by atoms with Gasteiger partial charge in [-0.05, 0) is 30.5 Å². The van der Waals surface area contributed by atoms with Crippen molar-refractivity contribution in [3.63, 3.8) is 0 Å². The highest BCUT2D eigenvalue weighted by atomic mass is 32.2. The summed E-state index contributed by atoms with van der Waals surface area (Å²) in [6.45, 7) is 2.30. The predicted molar refractivity (Wildman–Crippen MR) is 135 cm³/mol. The summed E-state index contributed by atoms with van der Waals surface area (Å²) in [4.78, 5) is 18.9. The number of hydrogen-bond donors (Lipinski definition) is 0. The lowest BCUT2D eigenvalue weighted by Crippen LogP contribution is -2.23. The van der Waals surface area contributed by atoms with Crippen molar-refractivity contribution in [2.75, 3.05) is 12.0 Å². The van der Waals surface area contributed by atoms with Gasteiger partial charge in [0.2, 0.25) is 5.91 Å². The molecule has 174 valence electrons. The Hall–Kier alpha value is -3.17. The summed E-state index contributed by atoms with van der Waals surface area (Å²) in [7, 11) is 1.60. The summed E-state index contributed by atoms with van der Waals surface area (Å²) < 4.78 is 7.70. The van der Waals surface area contributed by atoms with Crippen LogP contribution >= 0.6 is 23.1 Å². The van der Waals surface area contributed by atoms with Gasteiger partial charge in [0, 0.05) is 24.0 Å². The lowest BCUT2D eigenvalue weighted by molar-refractivity contribution is -0.115. The Morgan fingerprint density at radius 1 is 1.15 bits per heavy atom. The number of hydrogen-bond acceptors (Lipinski definition) is 7. The number of carbonyl (C=O) groups is 1. The molecule has 1 aliphatic rings. The first-order chi connectivity index (χ1) is 16.6. The molecule has 0 N–H and O–H groups in total. The number of anilines is 2. The second-order valence-corrected chi connectivity index (χ2v) is 9.90. The normalized spacial score (nSPS) is 13.1. The zero-order valence-electron chi connectivity index (χ0n) is 19.0. The number of carbonyl (C=O) groups excluding carboxylic acids is 1. The van der Waals surface area contributed by atoms with E-state index in [1.807, 2.05) is 35.7 Å². The van der Waals surface area contributed by atoms with Gasteiger partial charge in [0.1, 0.15) is 11.6 Å². The van der Waals surface area contributed by atoms with Crippen molar-refractivity contribution in [3.8, 4) is 5.75 Å². The van der Waals surface area contributed by atoms with Gasteiger partial charge < -0.3 is 9.30 Å². The topological polar surface area (TPSA) is 73.1 Å². The van der Waals surface area contributed by atoms with Gasteiger partial charge in [0.25, 0.3) is 0 Å². The molecule has 9 heteroatoms. The molecule has 0 spiro atoms. The van der Waals surface area contributed by atoms with Gasteiger partial charge in [0.05, 0.1) is 25.0 Å². The number of amides is 1. The number of rotatable bonds is 9. The molecule has 1 aliphatic carbocycles. The van der Waals surface area contributed by atoms with Crippen molar-refractivity contribution >= 4 is 39.8 Å². The van der Waals surface area contributed by atoms with Crippen LogP contribution in [0.2, 0.25) is 0 Å². The van der Waals surface area contributed by atoms with Crippen LogP contribution in [0.15, 0.2) is 65.1 Å². The lowest BCUT2D eigenvalue weighted by Gasteiger charge is -2.20. The number of benzene rings is 2. The predicted octanol–water partition coefficient (Wildman–Crippen LogP) is 5.65. The van der Waals surface area contributed by atoms with Crippen molar-refractivity contribution in [2.24, 2.45) is 0 Å². The Morgan fingerprint density at radius 3 is 2.65 bits per heavy atom. The van der Waals surface area contributed by atoms with E-state index in [-0.39, 0.29) is 5.91 Å². The minimum absolute atomic E-state index is 0.116. The molecule has 0 radical (unpaired) electrons.